The standard InChI is InChI=1S/C22H30O2/c1-13-5-6-17-16(11-13)12-14(2)21-18(17)9-10-22(4)19(21)7-8-20(22)24-15(3)23/h5-6,11,14,18-21H,7-10,12H2,1-4H3. The number of aryl methyl sites for hydroxylation is 1. The Morgan fingerprint density at radius 1 is 1.25 bits per heavy atom. The molecule has 0 heterocycles. The molecule has 130 valence electrons. The lowest BCUT2D eigenvalue weighted by molar-refractivity contribution is -0.155. The van der Waals surface area contributed by atoms with Crippen LogP contribution in [0.3, 0.4) is 0 Å². The van der Waals surface area contributed by atoms with E-state index in [0.29, 0.717) is 11.8 Å². The first-order valence-electron chi connectivity index (χ1n) is 9.67. The number of fused-ring (bicyclic) bond motifs is 5. The zero-order chi connectivity index (χ0) is 17.1. The van der Waals surface area contributed by atoms with Gasteiger partial charge < -0.3 is 4.74 Å². The highest BCUT2D eigenvalue weighted by atomic mass is 16.5. The predicted octanol–water partition coefficient (Wildman–Crippen LogP) is 5.03. The smallest absolute Gasteiger partial charge is 0.302 e. The third-order valence-corrected chi connectivity index (χ3v) is 7.45. The van der Waals surface area contributed by atoms with E-state index in [0.717, 1.165) is 18.3 Å². The number of carbonyl (C=O) groups is 1. The van der Waals surface area contributed by atoms with Gasteiger partial charge in [0.05, 0.1) is 0 Å². The highest BCUT2D eigenvalue weighted by Gasteiger charge is 2.57. The van der Waals surface area contributed by atoms with Crippen molar-refractivity contribution in [1.29, 1.82) is 0 Å². The number of ether oxygens (including phenoxy) is 1. The van der Waals surface area contributed by atoms with Crippen molar-refractivity contribution in [3.63, 3.8) is 0 Å². The SMILES string of the molecule is CC(=O)OC1CCC2C3C(C)Cc4cc(C)ccc4C3CCC12C. The summed E-state index contributed by atoms with van der Waals surface area (Å²) in [5.74, 6) is 2.77. The minimum atomic E-state index is -0.110. The third-order valence-electron chi connectivity index (χ3n) is 7.45. The van der Waals surface area contributed by atoms with Crippen molar-refractivity contribution in [3.05, 3.63) is 34.9 Å². The maximum atomic E-state index is 11.5. The highest BCUT2D eigenvalue weighted by molar-refractivity contribution is 5.66. The maximum absolute atomic E-state index is 11.5. The molecule has 0 amide bonds. The Labute approximate surface area is 146 Å². The summed E-state index contributed by atoms with van der Waals surface area (Å²) in [5.41, 5.74) is 4.77. The van der Waals surface area contributed by atoms with Gasteiger partial charge in [-0.1, -0.05) is 37.6 Å². The Hall–Kier alpha value is -1.31. The normalized spacial score (nSPS) is 40.4. The van der Waals surface area contributed by atoms with Crippen LogP contribution in [-0.2, 0) is 16.0 Å². The number of carbonyl (C=O) groups excluding carboxylic acids is 1. The summed E-state index contributed by atoms with van der Waals surface area (Å²) in [7, 11) is 0. The van der Waals surface area contributed by atoms with Gasteiger partial charge in [-0.2, -0.15) is 0 Å². The van der Waals surface area contributed by atoms with Crippen LogP contribution >= 0.6 is 0 Å². The molecule has 0 radical (unpaired) electrons. The summed E-state index contributed by atoms with van der Waals surface area (Å²) in [6.45, 7) is 8.61. The van der Waals surface area contributed by atoms with Crippen LogP contribution in [0, 0.1) is 30.1 Å². The number of benzene rings is 1. The van der Waals surface area contributed by atoms with E-state index in [2.05, 4.69) is 39.0 Å². The van der Waals surface area contributed by atoms with Crippen LogP contribution in [0.15, 0.2) is 18.2 Å². The molecule has 0 N–H and O–H groups in total. The molecule has 0 aliphatic heterocycles. The van der Waals surface area contributed by atoms with Gasteiger partial charge in [-0.05, 0) is 73.8 Å². The van der Waals surface area contributed by atoms with E-state index in [9.17, 15) is 4.79 Å². The molecule has 6 atom stereocenters. The largest absolute Gasteiger partial charge is 0.462 e. The van der Waals surface area contributed by atoms with Crippen molar-refractivity contribution >= 4 is 5.97 Å². The van der Waals surface area contributed by atoms with Gasteiger partial charge >= 0.3 is 5.97 Å². The molecule has 3 aliphatic carbocycles. The van der Waals surface area contributed by atoms with Crippen LogP contribution in [0.5, 0.6) is 0 Å². The molecule has 0 bridgehead atoms. The first kappa shape index (κ1) is 16.2. The third kappa shape index (κ3) is 2.33. The van der Waals surface area contributed by atoms with Crippen LogP contribution in [0.4, 0.5) is 0 Å². The average molecular weight is 326 g/mol. The summed E-state index contributed by atoms with van der Waals surface area (Å²) < 4.78 is 5.74. The van der Waals surface area contributed by atoms with Gasteiger partial charge in [-0.3, -0.25) is 4.79 Å². The number of rotatable bonds is 1. The van der Waals surface area contributed by atoms with Gasteiger partial charge in [0, 0.05) is 12.3 Å². The second kappa shape index (κ2) is 5.61. The van der Waals surface area contributed by atoms with Gasteiger partial charge in [0.25, 0.3) is 0 Å². The van der Waals surface area contributed by atoms with E-state index in [-0.39, 0.29) is 17.5 Å². The maximum Gasteiger partial charge on any atom is 0.302 e. The van der Waals surface area contributed by atoms with Crippen LogP contribution in [-0.4, -0.2) is 12.1 Å². The van der Waals surface area contributed by atoms with Gasteiger partial charge in [-0.15, -0.1) is 0 Å². The minimum Gasteiger partial charge on any atom is -0.462 e. The molecule has 0 aromatic heterocycles. The highest BCUT2D eigenvalue weighted by Crippen LogP contribution is 2.62. The molecular weight excluding hydrogens is 296 g/mol. The second-order valence-corrected chi connectivity index (χ2v) is 8.89. The summed E-state index contributed by atoms with van der Waals surface area (Å²) in [4.78, 5) is 11.5. The zero-order valence-electron chi connectivity index (χ0n) is 15.5. The molecule has 2 fully saturated rings. The van der Waals surface area contributed by atoms with Gasteiger partial charge in [0.1, 0.15) is 6.10 Å². The fraction of sp³-hybridized carbons (Fsp3) is 0.682. The van der Waals surface area contributed by atoms with Crippen molar-refractivity contribution in [2.45, 2.75) is 71.8 Å². The van der Waals surface area contributed by atoms with Crippen LogP contribution in [0.1, 0.15) is 69.1 Å². The van der Waals surface area contributed by atoms with Crippen LogP contribution in [0.25, 0.3) is 0 Å². The first-order chi connectivity index (χ1) is 11.4. The molecule has 2 heteroatoms. The Morgan fingerprint density at radius 3 is 2.79 bits per heavy atom. The molecule has 2 saturated carbocycles. The van der Waals surface area contributed by atoms with E-state index in [1.807, 2.05) is 0 Å². The number of hydrogen-bond donors (Lipinski definition) is 0. The van der Waals surface area contributed by atoms with Crippen molar-refractivity contribution in [2.24, 2.45) is 23.2 Å². The fourth-order valence-electron chi connectivity index (χ4n) is 6.45. The van der Waals surface area contributed by atoms with E-state index in [4.69, 9.17) is 4.74 Å². The average Bonchev–Trinajstić information content (AvgIpc) is 2.83. The lowest BCUT2D eigenvalue weighted by atomic mass is 9.53. The van der Waals surface area contributed by atoms with Crippen LogP contribution in [0.2, 0.25) is 0 Å². The van der Waals surface area contributed by atoms with Gasteiger partial charge in [-0.25, -0.2) is 0 Å². The van der Waals surface area contributed by atoms with Crippen LogP contribution < -0.4 is 0 Å². The molecule has 1 aromatic carbocycles. The van der Waals surface area contributed by atoms with Crippen molar-refractivity contribution < 1.29 is 9.53 Å². The van der Waals surface area contributed by atoms with Crippen molar-refractivity contribution in [3.8, 4) is 0 Å². The Bertz CT molecular complexity index is 664. The lowest BCUT2D eigenvalue weighted by Crippen LogP contribution is -2.47. The molecule has 24 heavy (non-hydrogen) atoms. The first-order valence-corrected chi connectivity index (χ1v) is 9.67. The molecule has 1 aromatic rings. The lowest BCUT2D eigenvalue weighted by Gasteiger charge is -2.52. The minimum absolute atomic E-state index is 0.110. The topological polar surface area (TPSA) is 26.3 Å². The summed E-state index contributed by atoms with van der Waals surface area (Å²) >= 11 is 0. The van der Waals surface area contributed by atoms with E-state index < -0.39 is 0 Å². The Morgan fingerprint density at radius 2 is 2.04 bits per heavy atom. The number of hydrogen-bond acceptors (Lipinski definition) is 2. The quantitative estimate of drug-likeness (QED) is 0.677. The summed E-state index contributed by atoms with van der Waals surface area (Å²) in [6, 6.07) is 7.09. The second-order valence-electron chi connectivity index (χ2n) is 8.89. The predicted molar refractivity (Wildman–Crippen MR) is 95.9 cm³/mol. The molecular formula is C22H30O2. The molecule has 0 spiro atoms. The Balaban J connectivity index is 1.68. The van der Waals surface area contributed by atoms with Crippen molar-refractivity contribution in [2.75, 3.05) is 0 Å². The van der Waals surface area contributed by atoms with Crippen molar-refractivity contribution in [1.82, 2.24) is 0 Å². The zero-order valence-corrected chi connectivity index (χ0v) is 15.5. The number of esters is 1. The monoisotopic (exact) mass is 326 g/mol. The summed E-state index contributed by atoms with van der Waals surface area (Å²) in [6.07, 6.45) is 6.06. The summed E-state index contributed by atoms with van der Waals surface area (Å²) in [5, 5.41) is 0. The molecule has 3 aliphatic rings. The fourth-order valence-corrected chi connectivity index (χ4v) is 6.45. The Kier molecular flexibility index (Phi) is 3.78. The van der Waals surface area contributed by atoms with E-state index >= 15 is 0 Å². The van der Waals surface area contributed by atoms with E-state index in [1.165, 1.54) is 31.2 Å². The molecule has 0 saturated heterocycles. The van der Waals surface area contributed by atoms with E-state index in [1.54, 1.807) is 18.1 Å². The molecule has 2 nitrogen and oxygen atoms in total. The molecule has 6 unspecified atom stereocenters. The van der Waals surface area contributed by atoms with Gasteiger partial charge in [0.15, 0.2) is 0 Å². The molecule has 4 rings (SSSR count). The van der Waals surface area contributed by atoms with Gasteiger partial charge in [0.2, 0.25) is 0 Å².